The predicted molar refractivity (Wildman–Crippen MR) is 96.9 cm³/mol. The van der Waals surface area contributed by atoms with Crippen LogP contribution in [-0.2, 0) is 17.8 Å². The molecular formula is C17H24N4O3S. The van der Waals surface area contributed by atoms with Gasteiger partial charge in [0.2, 0.25) is 5.91 Å². The van der Waals surface area contributed by atoms with Crippen LogP contribution in [0.4, 0.5) is 0 Å². The summed E-state index contributed by atoms with van der Waals surface area (Å²) in [6.07, 6.45) is 1.83. The molecular weight excluding hydrogens is 340 g/mol. The molecule has 1 aliphatic carbocycles. The minimum absolute atomic E-state index is 0.0402. The molecule has 0 unspecified atom stereocenters. The van der Waals surface area contributed by atoms with Crippen molar-refractivity contribution in [3.05, 3.63) is 21.1 Å². The highest BCUT2D eigenvalue weighted by Gasteiger charge is 2.39. The molecule has 1 fully saturated rings. The van der Waals surface area contributed by atoms with Crippen LogP contribution >= 0.6 is 11.3 Å². The maximum atomic E-state index is 12.7. The summed E-state index contributed by atoms with van der Waals surface area (Å²) in [7, 11) is 0. The lowest BCUT2D eigenvalue weighted by Crippen LogP contribution is -2.54. The van der Waals surface area contributed by atoms with E-state index in [4.69, 9.17) is 0 Å². The lowest BCUT2D eigenvalue weighted by molar-refractivity contribution is -0.125. The summed E-state index contributed by atoms with van der Waals surface area (Å²) in [6.45, 7) is 7.63. The van der Waals surface area contributed by atoms with Gasteiger partial charge in [0, 0.05) is 6.04 Å². The second kappa shape index (κ2) is 6.49. The molecule has 1 aliphatic rings. The second-order valence-electron chi connectivity index (χ2n) is 7.31. The van der Waals surface area contributed by atoms with E-state index in [1.54, 1.807) is 6.92 Å². The minimum atomic E-state index is -0.698. The lowest BCUT2D eigenvalue weighted by Gasteiger charge is -2.41. The van der Waals surface area contributed by atoms with Crippen molar-refractivity contribution in [2.75, 3.05) is 0 Å². The van der Waals surface area contributed by atoms with E-state index < -0.39 is 5.60 Å². The standard InChI is InChI=1S/C17H24N4O3S/c1-5-12-19-14-13(9(2)3)20-21(16(23)15(14)25-12)8-11(22)18-10-6-17(4,24)7-10/h9-10,24H,5-8H2,1-4H3,(H,18,22). The van der Waals surface area contributed by atoms with Crippen molar-refractivity contribution in [1.29, 1.82) is 0 Å². The Kier molecular flexibility index (Phi) is 4.68. The van der Waals surface area contributed by atoms with Gasteiger partial charge in [-0.25, -0.2) is 9.67 Å². The third-order valence-electron chi connectivity index (χ3n) is 4.45. The molecule has 0 aromatic carbocycles. The van der Waals surface area contributed by atoms with Gasteiger partial charge in [-0.05, 0) is 32.1 Å². The SMILES string of the molecule is CCc1nc2c(C(C)C)nn(CC(=O)NC3CC(C)(O)C3)c(=O)c2s1. The number of thiazole rings is 1. The number of aliphatic hydroxyl groups is 1. The Morgan fingerprint density at radius 2 is 2.16 bits per heavy atom. The fourth-order valence-electron chi connectivity index (χ4n) is 3.18. The van der Waals surface area contributed by atoms with Crippen molar-refractivity contribution in [1.82, 2.24) is 20.1 Å². The van der Waals surface area contributed by atoms with Gasteiger partial charge < -0.3 is 10.4 Å². The van der Waals surface area contributed by atoms with Crippen molar-refractivity contribution in [3.63, 3.8) is 0 Å². The Hall–Kier alpha value is -1.80. The summed E-state index contributed by atoms with van der Waals surface area (Å²) in [5.74, 6) is -0.157. The van der Waals surface area contributed by atoms with Crippen LogP contribution in [0.25, 0.3) is 10.2 Å². The molecule has 25 heavy (non-hydrogen) atoms. The third kappa shape index (κ3) is 3.59. The van der Waals surface area contributed by atoms with Gasteiger partial charge in [-0.1, -0.05) is 20.8 Å². The molecule has 0 saturated heterocycles. The summed E-state index contributed by atoms with van der Waals surface area (Å²) in [6, 6.07) is -0.0402. The molecule has 2 aromatic rings. The highest BCUT2D eigenvalue weighted by molar-refractivity contribution is 7.18. The topological polar surface area (TPSA) is 97.1 Å². The molecule has 0 spiro atoms. The summed E-state index contributed by atoms with van der Waals surface area (Å²) in [5.41, 5.74) is 0.432. The van der Waals surface area contributed by atoms with Crippen LogP contribution in [0.1, 0.15) is 57.2 Å². The number of hydrogen-bond acceptors (Lipinski definition) is 6. The molecule has 7 nitrogen and oxygen atoms in total. The van der Waals surface area contributed by atoms with E-state index in [0.717, 1.165) is 17.1 Å². The molecule has 8 heteroatoms. The van der Waals surface area contributed by atoms with Crippen LogP contribution in [-0.4, -0.2) is 37.4 Å². The Morgan fingerprint density at radius 1 is 1.48 bits per heavy atom. The lowest BCUT2D eigenvalue weighted by atomic mass is 9.77. The first-order chi connectivity index (χ1) is 11.7. The number of aromatic nitrogens is 3. The van der Waals surface area contributed by atoms with Crippen LogP contribution in [0.2, 0.25) is 0 Å². The second-order valence-corrected chi connectivity index (χ2v) is 8.39. The summed E-state index contributed by atoms with van der Waals surface area (Å²) in [4.78, 5) is 29.5. The van der Waals surface area contributed by atoms with Gasteiger partial charge in [0.15, 0.2) is 0 Å². The first-order valence-corrected chi connectivity index (χ1v) is 9.44. The average Bonchev–Trinajstić information content (AvgIpc) is 2.92. The predicted octanol–water partition coefficient (Wildman–Crippen LogP) is 1.57. The quantitative estimate of drug-likeness (QED) is 0.839. The van der Waals surface area contributed by atoms with Gasteiger partial charge >= 0.3 is 0 Å². The number of carbonyl (C=O) groups excluding carboxylic acids is 1. The number of amides is 1. The Morgan fingerprint density at radius 3 is 2.72 bits per heavy atom. The average molecular weight is 364 g/mol. The van der Waals surface area contributed by atoms with Gasteiger partial charge in [-0.15, -0.1) is 11.3 Å². The van der Waals surface area contributed by atoms with E-state index in [1.165, 1.54) is 16.0 Å². The van der Waals surface area contributed by atoms with Gasteiger partial charge in [0.1, 0.15) is 16.8 Å². The smallest absolute Gasteiger partial charge is 0.286 e. The van der Waals surface area contributed by atoms with E-state index in [2.05, 4.69) is 15.4 Å². The van der Waals surface area contributed by atoms with E-state index >= 15 is 0 Å². The fraction of sp³-hybridized carbons (Fsp3) is 0.647. The zero-order valence-electron chi connectivity index (χ0n) is 15.0. The van der Waals surface area contributed by atoms with Gasteiger partial charge in [-0.3, -0.25) is 9.59 Å². The van der Waals surface area contributed by atoms with Crippen molar-refractivity contribution < 1.29 is 9.90 Å². The number of carbonyl (C=O) groups is 1. The first kappa shape index (κ1) is 18.0. The van der Waals surface area contributed by atoms with Crippen LogP contribution in [0.3, 0.4) is 0 Å². The van der Waals surface area contributed by atoms with Gasteiger partial charge in [0.05, 0.1) is 16.3 Å². The Labute approximate surface area is 150 Å². The molecule has 2 heterocycles. The maximum Gasteiger partial charge on any atom is 0.286 e. The van der Waals surface area contributed by atoms with E-state index in [9.17, 15) is 14.7 Å². The minimum Gasteiger partial charge on any atom is -0.390 e. The molecule has 1 saturated carbocycles. The van der Waals surface area contributed by atoms with Crippen LogP contribution < -0.4 is 10.9 Å². The number of nitrogens with one attached hydrogen (secondary N) is 1. The number of aryl methyl sites for hydroxylation is 1. The molecule has 136 valence electrons. The van der Waals surface area contributed by atoms with E-state index in [1.807, 2.05) is 20.8 Å². The number of fused-ring (bicyclic) bond motifs is 1. The van der Waals surface area contributed by atoms with Crippen molar-refractivity contribution in [2.24, 2.45) is 0 Å². The third-order valence-corrected chi connectivity index (χ3v) is 5.64. The van der Waals surface area contributed by atoms with Crippen molar-refractivity contribution >= 4 is 27.5 Å². The molecule has 0 bridgehead atoms. The fourth-order valence-corrected chi connectivity index (χ4v) is 4.14. The van der Waals surface area contributed by atoms with Gasteiger partial charge in [0.25, 0.3) is 5.56 Å². The monoisotopic (exact) mass is 364 g/mol. The highest BCUT2D eigenvalue weighted by atomic mass is 32.1. The Bertz CT molecular complexity index is 861. The molecule has 0 radical (unpaired) electrons. The summed E-state index contributed by atoms with van der Waals surface area (Å²) in [5, 5.41) is 17.9. The maximum absolute atomic E-state index is 12.7. The molecule has 3 rings (SSSR count). The van der Waals surface area contributed by atoms with Gasteiger partial charge in [-0.2, -0.15) is 5.10 Å². The van der Waals surface area contributed by atoms with E-state index in [-0.39, 0.29) is 30.0 Å². The normalized spacial score (nSPS) is 23.0. The van der Waals surface area contributed by atoms with Crippen LogP contribution in [0.15, 0.2) is 4.79 Å². The van der Waals surface area contributed by atoms with Crippen LogP contribution in [0.5, 0.6) is 0 Å². The van der Waals surface area contributed by atoms with Crippen molar-refractivity contribution in [2.45, 2.75) is 71.1 Å². The first-order valence-electron chi connectivity index (χ1n) is 8.62. The number of rotatable bonds is 5. The largest absolute Gasteiger partial charge is 0.390 e. The number of hydrogen-bond donors (Lipinski definition) is 2. The molecule has 2 aromatic heterocycles. The summed E-state index contributed by atoms with van der Waals surface area (Å²) < 4.78 is 1.80. The highest BCUT2D eigenvalue weighted by Crippen LogP contribution is 2.31. The molecule has 2 N–H and O–H groups in total. The molecule has 1 amide bonds. The zero-order chi connectivity index (χ0) is 18.4. The zero-order valence-corrected chi connectivity index (χ0v) is 15.8. The molecule has 0 aliphatic heterocycles. The van der Waals surface area contributed by atoms with E-state index in [0.29, 0.717) is 23.1 Å². The Balaban J connectivity index is 1.87. The number of nitrogens with zero attached hydrogens (tertiary/aromatic N) is 3. The molecule has 0 atom stereocenters. The summed E-state index contributed by atoms with van der Waals surface area (Å²) >= 11 is 1.38. The van der Waals surface area contributed by atoms with Crippen molar-refractivity contribution in [3.8, 4) is 0 Å². The van der Waals surface area contributed by atoms with Crippen LogP contribution in [0, 0.1) is 0 Å².